The quantitative estimate of drug-likeness (QED) is 0.301. The Morgan fingerprint density at radius 1 is 0.795 bits per heavy atom. The molecular formula is C32H44N2O4S. The van der Waals surface area contributed by atoms with E-state index in [2.05, 4.69) is 10.6 Å². The van der Waals surface area contributed by atoms with Crippen molar-refractivity contribution in [3.8, 4) is 0 Å². The number of nitrogens with one attached hydrogen (secondary N) is 2. The molecular weight excluding hydrogens is 508 g/mol. The zero-order valence-electron chi connectivity index (χ0n) is 23.3. The molecule has 2 amide bonds. The maximum Gasteiger partial charge on any atom is 0.319 e. The van der Waals surface area contributed by atoms with Gasteiger partial charge in [-0.05, 0) is 55.0 Å². The van der Waals surface area contributed by atoms with Gasteiger partial charge in [-0.15, -0.1) is 0 Å². The number of anilines is 1. The summed E-state index contributed by atoms with van der Waals surface area (Å²) in [5.41, 5.74) is 2.22. The first-order valence-corrected chi connectivity index (χ1v) is 16.4. The highest BCUT2D eigenvalue weighted by atomic mass is 32.2. The van der Waals surface area contributed by atoms with E-state index < -0.39 is 15.9 Å². The van der Waals surface area contributed by atoms with Crippen LogP contribution in [0, 0.1) is 18.8 Å². The lowest BCUT2D eigenvalue weighted by atomic mass is 9.82. The average Bonchev–Trinajstić information content (AvgIpc) is 3.19. The molecule has 0 heterocycles. The highest BCUT2D eigenvalue weighted by Crippen LogP contribution is 2.30. The van der Waals surface area contributed by atoms with Crippen LogP contribution in [0.1, 0.15) is 94.6 Å². The molecule has 2 aliphatic rings. The van der Waals surface area contributed by atoms with Crippen LogP contribution in [0.15, 0.2) is 53.4 Å². The van der Waals surface area contributed by atoms with Gasteiger partial charge in [-0.25, -0.2) is 13.2 Å². The summed E-state index contributed by atoms with van der Waals surface area (Å²) in [6, 6.07) is 12.9. The number of carbonyl (C=O) groups excluding carboxylic acids is 2. The van der Waals surface area contributed by atoms with E-state index >= 15 is 0 Å². The minimum atomic E-state index is -3.46. The van der Waals surface area contributed by atoms with Gasteiger partial charge in [0.1, 0.15) is 0 Å². The molecule has 0 aromatic heterocycles. The maximum absolute atomic E-state index is 13.4. The molecule has 0 spiro atoms. The second kappa shape index (κ2) is 14.1. The molecule has 0 saturated heterocycles. The van der Waals surface area contributed by atoms with Crippen molar-refractivity contribution in [2.75, 3.05) is 5.32 Å². The summed E-state index contributed by atoms with van der Waals surface area (Å²) in [6.45, 7) is 1.92. The number of sulfone groups is 1. The zero-order valence-corrected chi connectivity index (χ0v) is 24.1. The number of aryl methyl sites for hydroxylation is 1. The number of hydrogen-bond donors (Lipinski definition) is 2. The molecule has 2 aromatic carbocycles. The van der Waals surface area contributed by atoms with Crippen LogP contribution in [-0.2, 0) is 20.4 Å². The van der Waals surface area contributed by atoms with Crippen LogP contribution in [0.2, 0.25) is 0 Å². The normalized spacial score (nSPS) is 18.2. The molecule has 2 fully saturated rings. The molecule has 2 aromatic rings. The first-order valence-electron chi connectivity index (χ1n) is 14.8. The van der Waals surface area contributed by atoms with Gasteiger partial charge in [-0.1, -0.05) is 100 Å². The third-order valence-corrected chi connectivity index (χ3v) is 10.1. The summed E-state index contributed by atoms with van der Waals surface area (Å²) >= 11 is 0. The van der Waals surface area contributed by atoms with Gasteiger partial charge >= 0.3 is 6.03 Å². The lowest BCUT2D eigenvalue weighted by Gasteiger charge is -2.27. The van der Waals surface area contributed by atoms with Crippen molar-refractivity contribution in [1.82, 2.24) is 5.32 Å². The lowest BCUT2D eigenvalue weighted by Crippen LogP contribution is -2.44. The molecule has 1 atom stereocenters. The van der Waals surface area contributed by atoms with E-state index in [1.54, 1.807) is 48.5 Å². The van der Waals surface area contributed by atoms with Crippen LogP contribution in [0.4, 0.5) is 10.5 Å². The predicted molar refractivity (Wildman–Crippen MR) is 156 cm³/mol. The zero-order chi connectivity index (χ0) is 27.7. The summed E-state index contributed by atoms with van der Waals surface area (Å²) < 4.78 is 25.5. The van der Waals surface area contributed by atoms with Crippen molar-refractivity contribution in [3.63, 3.8) is 0 Å². The Kier molecular flexibility index (Phi) is 10.6. The predicted octanol–water partition coefficient (Wildman–Crippen LogP) is 7.36. The van der Waals surface area contributed by atoms with E-state index in [9.17, 15) is 18.0 Å². The first kappa shape index (κ1) is 29.3. The third kappa shape index (κ3) is 9.20. The molecule has 212 valence electrons. The minimum absolute atomic E-state index is 0.109. The molecule has 4 rings (SSSR count). The van der Waals surface area contributed by atoms with Crippen molar-refractivity contribution in [2.45, 2.75) is 107 Å². The molecule has 7 heteroatoms. The molecule has 2 aliphatic carbocycles. The Bertz CT molecular complexity index is 1180. The number of carbonyl (C=O) groups is 2. The Morgan fingerprint density at radius 2 is 1.36 bits per heavy atom. The highest BCUT2D eigenvalue weighted by Gasteiger charge is 2.28. The Labute approximate surface area is 234 Å². The summed E-state index contributed by atoms with van der Waals surface area (Å²) in [6.07, 6.45) is 14.3. The summed E-state index contributed by atoms with van der Waals surface area (Å²) in [4.78, 5) is 26.7. The number of ketones is 1. The number of urea groups is 1. The Hall–Kier alpha value is -2.67. The van der Waals surface area contributed by atoms with Crippen molar-refractivity contribution >= 4 is 27.3 Å². The van der Waals surface area contributed by atoms with E-state index in [1.807, 2.05) is 6.92 Å². The summed E-state index contributed by atoms with van der Waals surface area (Å²) in [5.74, 6) is 0.973. The van der Waals surface area contributed by atoms with E-state index in [1.165, 1.54) is 44.9 Å². The van der Waals surface area contributed by atoms with Gasteiger partial charge in [0.25, 0.3) is 0 Å². The Balaban J connectivity index is 1.35. The van der Waals surface area contributed by atoms with Gasteiger partial charge in [0.15, 0.2) is 15.6 Å². The van der Waals surface area contributed by atoms with Crippen molar-refractivity contribution in [2.24, 2.45) is 11.8 Å². The molecule has 0 radical (unpaired) electrons. The van der Waals surface area contributed by atoms with Crippen molar-refractivity contribution in [1.29, 1.82) is 0 Å². The van der Waals surface area contributed by atoms with Gasteiger partial charge in [-0.2, -0.15) is 0 Å². The van der Waals surface area contributed by atoms with E-state index in [4.69, 9.17) is 0 Å². The fourth-order valence-electron chi connectivity index (χ4n) is 6.08. The van der Waals surface area contributed by atoms with Gasteiger partial charge < -0.3 is 10.6 Å². The molecule has 0 unspecified atom stereocenters. The minimum Gasteiger partial charge on any atom is -0.328 e. The number of amides is 2. The smallest absolute Gasteiger partial charge is 0.319 e. The average molecular weight is 553 g/mol. The van der Waals surface area contributed by atoms with Crippen LogP contribution >= 0.6 is 0 Å². The largest absolute Gasteiger partial charge is 0.328 e. The van der Waals surface area contributed by atoms with E-state index in [0.717, 1.165) is 37.7 Å². The molecule has 0 bridgehead atoms. The first-order chi connectivity index (χ1) is 18.8. The van der Waals surface area contributed by atoms with Gasteiger partial charge in [0, 0.05) is 12.1 Å². The van der Waals surface area contributed by atoms with Crippen LogP contribution in [0.3, 0.4) is 0 Å². The summed E-state index contributed by atoms with van der Waals surface area (Å²) in [7, 11) is -3.46. The standard InChI is InChI=1S/C32H44N2O4S/c1-24-13-19-29(20-14-24)39(37,38)23-27-15-17-28(18-16-27)33-32(36)34-30(21-25-9-7-4-8-10-25)31(35)22-26-11-5-2-3-6-12-26/h13-20,25-26,30H,2-12,21-23H2,1H3,(H2,33,34,36)/t30-/m1/s1. The summed E-state index contributed by atoms with van der Waals surface area (Å²) in [5, 5.41) is 5.86. The topological polar surface area (TPSA) is 92.3 Å². The third-order valence-electron chi connectivity index (χ3n) is 8.40. The molecule has 2 saturated carbocycles. The van der Waals surface area contributed by atoms with E-state index in [-0.39, 0.29) is 17.6 Å². The SMILES string of the molecule is Cc1ccc(S(=O)(=O)Cc2ccc(NC(=O)N[C@H](CC3CCCCC3)C(=O)CC3CCCCCC3)cc2)cc1. The molecule has 2 N–H and O–H groups in total. The molecule has 39 heavy (non-hydrogen) atoms. The lowest BCUT2D eigenvalue weighted by molar-refractivity contribution is -0.122. The van der Waals surface area contributed by atoms with Crippen LogP contribution in [0.25, 0.3) is 0 Å². The van der Waals surface area contributed by atoms with Crippen molar-refractivity contribution in [3.05, 3.63) is 59.7 Å². The van der Waals surface area contributed by atoms with Gasteiger partial charge in [0.2, 0.25) is 0 Å². The van der Waals surface area contributed by atoms with Crippen molar-refractivity contribution < 1.29 is 18.0 Å². The van der Waals surface area contributed by atoms with E-state index in [0.29, 0.717) is 34.4 Å². The van der Waals surface area contributed by atoms with Crippen LogP contribution in [0.5, 0.6) is 0 Å². The highest BCUT2D eigenvalue weighted by molar-refractivity contribution is 7.90. The van der Waals surface area contributed by atoms with Gasteiger partial charge in [-0.3, -0.25) is 4.79 Å². The molecule has 6 nitrogen and oxygen atoms in total. The van der Waals surface area contributed by atoms with Crippen LogP contribution < -0.4 is 10.6 Å². The second-order valence-corrected chi connectivity index (χ2v) is 13.7. The number of hydrogen-bond acceptors (Lipinski definition) is 4. The Morgan fingerprint density at radius 3 is 1.97 bits per heavy atom. The monoisotopic (exact) mass is 552 g/mol. The number of rotatable bonds is 10. The molecule has 0 aliphatic heterocycles. The number of benzene rings is 2. The maximum atomic E-state index is 13.4. The fraction of sp³-hybridized carbons (Fsp3) is 0.562. The fourth-order valence-corrected chi connectivity index (χ4v) is 7.43. The van der Waals surface area contributed by atoms with Crippen LogP contribution in [-0.4, -0.2) is 26.3 Å². The number of Topliss-reactive ketones (excluding diaryl/α,β-unsaturated/α-hetero) is 1. The second-order valence-electron chi connectivity index (χ2n) is 11.7. The van der Waals surface area contributed by atoms with Gasteiger partial charge in [0.05, 0.1) is 16.7 Å².